The Labute approximate surface area is 330 Å². The fraction of sp³-hybridized carbons (Fsp3) is 0.0182. The predicted octanol–water partition coefficient (Wildman–Crippen LogP) is 13.9. The molecular formula is C55H34N2. The normalized spacial score (nSPS) is 13.1. The van der Waals surface area contributed by atoms with Gasteiger partial charge in [-0.2, -0.15) is 0 Å². The van der Waals surface area contributed by atoms with Gasteiger partial charge >= 0.3 is 0 Å². The molecule has 0 N–H and O–H groups in total. The molecule has 0 saturated heterocycles. The second kappa shape index (κ2) is 12.3. The molecule has 12 rings (SSSR count). The summed E-state index contributed by atoms with van der Waals surface area (Å²) in [5.74, 6) is 0. The molecule has 2 heteroatoms. The highest BCUT2D eigenvalue weighted by atomic mass is 14.8. The van der Waals surface area contributed by atoms with Crippen LogP contribution in [0.5, 0.6) is 0 Å². The first kappa shape index (κ1) is 31.9. The molecule has 0 atom stereocenters. The second-order valence-corrected chi connectivity index (χ2v) is 15.2. The molecule has 0 saturated carbocycles. The minimum absolute atomic E-state index is 0.428. The molecule has 11 aromatic rings. The smallest absolute Gasteiger partial charge is 0.0972 e. The highest BCUT2D eigenvalue weighted by Crippen LogP contribution is 2.58. The second-order valence-electron chi connectivity index (χ2n) is 15.2. The van der Waals surface area contributed by atoms with E-state index < -0.39 is 5.41 Å². The first-order valence-electron chi connectivity index (χ1n) is 19.7. The summed E-state index contributed by atoms with van der Waals surface area (Å²) in [4.78, 5) is 10.1. The van der Waals surface area contributed by atoms with E-state index in [0.29, 0.717) is 0 Å². The van der Waals surface area contributed by atoms with Gasteiger partial charge in [-0.05, 0) is 95.0 Å². The standard InChI is InChI=1S/C55H34N2/c1-3-15-39(16-4-1)55(40-17-5-2-6-18-40)47-24-12-11-23-46(47)51-41-30-27-38(34-37(41)28-31-48(51)55)50-42-19-7-9-21-44(42)52(45-22-10-8-20-43(45)50)49-32-29-36-26-25-35-14-13-33-56-53(35)54(36)57-49/h1-34H. The van der Waals surface area contributed by atoms with Gasteiger partial charge in [0.15, 0.2) is 0 Å². The Morgan fingerprint density at radius 2 is 0.930 bits per heavy atom. The lowest BCUT2D eigenvalue weighted by molar-refractivity contribution is 0.769. The number of nitrogens with zero attached hydrogens (tertiary/aromatic N) is 2. The molecule has 0 fully saturated rings. The van der Waals surface area contributed by atoms with E-state index in [4.69, 9.17) is 9.97 Å². The molecule has 57 heavy (non-hydrogen) atoms. The van der Waals surface area contributed by atoms with Crippen LogP contribution in [-0.4, -0.2) is 9.97 Å². The highest BCUT2D eigenvalue weighted by Gasteiger charge is 2.46. The number of hydrogen-bond donors (Lipinski definition) is 0. The summed E-state index contributed by atoms with van der Waals surface area (Å²) < 4.78 is 0. The molecular weight excluding hydrogens is 689 g/mol. The van der Waals surface area contributed by atoms with Crippen molar-refractivity contribution in [3.8, 4) is 33.5 Å². The van der Waals surface area contributed by atoms with Crippen LogP contribution in [0.25, 0.3) is 87.6 Å². The van der Waals surface area contributed by atoms with E-state index in [-0.39, 0.29) is 0 Å². The van der Waals surface area contributed by atoms with Crippen molar-refractivity contribution < 1.29 is 0 Å². The van der Waals surface area contributed by atoms with Crippen molar-refractivity contribution in [2.45, 2.75) is 5.41 Å². The third-order valence-corrected chi connectivity index (χ3v) is 12.3. The van der Waals surface area contributed by atoms with Gasteiger partial charge < -0.3 is 0 Å². The van der Waals surface area contributed by atoms with Gasteiger partial charge in [0.1, 0.15) is 0 Å². The summed E-state index contributed by atoms with van der Waals surface area (Å²) in [6.07, 6.45) is 1.86. The number of fused-ring (bicyclic) bond motifs is 10. The Bertz CT molecular complexity index is 3310. The Hall–Kier alpha value is -7.42. The van der Waals surface area contributed by atoms with Crippen LogP contribution in [0, 0.1) is 0 Å². The molecule has 0 aliphatic heterocycles. The SMILES string of the molecule is c1ccc(C2(c3ccccc3)c3ccccc3-c3c2ccc2cc(-c4c5ccccc5c(-c5ccc6ccc7cccnc7c6n5)c5ccccc45)ccc32)cc1. The molecule has 2 heterocycles. The first-order valence-corrected chi connectivity index (χ1v) is 19.7. The number of pyridine rings is 2. The van der Waals surface area contributed by atoms with E-state index in [9.17, 15) is 0 Å². The zero-order chi connectivity index (χ0) is 37.5. The molecule has 0 unspecified atom stereocenters. The van der Waals surface area contributed by atoms with Crippen molar-refractivity contribution in [1.82, 2.24) is 9.97 Å². The van der Waals surface area contributed by atoms with Crippen LogP contribution in [0.15, 0.2) is 206 Å². The van der Waals surface area contributed by atoms with Gasteiger partial charge in [-0.3, -0.25) is 4.98 Å². The molecule has 9 aromatic carbocycles. The molecule has 1 aliphatic rings. The van der Waals surface area contributed by atoms with E-state index >= 15 is 0 Å². The van der Waals surface area contributed by atoms with Crippen LogP contribution in [0.4, 0.5) is 0 Å². The van der Waals surface area contributed by atoms with E-state index in [2.05, 4.69) is 194 Å². The Morgan fingerprint density at radius 3 is 1.63 bits per heavy atom. The maximum atomic E-state index is 5.36. The van der Waals surface area contributed by atoms with Crippen molar-refractivity contribution in [1.29, 1.82) is 0 Å². The average Bonchev–Trinajstić information content (AvgIpc) is 3.60. The topological polar surface area (TPSA) is 25.8 Å². The van der Waals surface area contributed by atoms with E-state index in [1.54, 1.807) is 0 Å². The lowest BCUT2D eigenvalue weighted by Gasteiger charge is -2.33. The number of rotatable bonds is 4. The zero-order valence-electron chi connectivity index (χ0n) is 31.0. The summed E-state index contributed by atoms with van der Waals surface area (Å²) in [5.41, 5.74) is 13.8. The maximum Gasteiger partial charge on any atom is 0.0972 e. The quantitative estimate of drug-likeness (QED) is 0.134. The third kappa shape index (κ3) is 4.53. The Kier molecular flexibility index (Phi) is 6.88. The molecule has 2 aromatic heterocycles. The van der Waals surface area contributed by atoms with Crippen LogP contribution < -0.4 is 0 Å². The zero-order valence-corrected chi connectivity index (χ0v) is 31.0. The summed E-state index contributed by atoms with van der Waals surface area (Å²) in [6.45, 7) is 0. The van der Waals surface area contributed by atoms with Crippen molar-refractivity contribution >= 4 is 54.1 Å². The number of benzene rings is 9. The van der Waals surface area contributed by atoms with Crippen molar-refractivity contribution in [3.63, 3.8) is 0 Å². The number of hydrogen-bond acceptors (Lipinski definition) is 2. The van der Waals surface area contributed by atoms with Gasteiger partial charge in [0, 0.05) is 22.5 Å². The first-order chi connectivity index (χ1) is 28.3. The van der Waals surface area contributed by atoms with Gasteiger partial charge in [0.05, 0.1) is 22.1 Å². The summed E-state index contributed by atoms with van der Waals surface area (Å²) in [6, 6.07) is 73.4. The number of aromatic nitrogens is 2. The van der Waals surface area contributed by atoms with Crippen LogP contribution >= 0.6 is 0 Å². The highest BCUT2D eigenvalue weighted by molar-refractivity contribution is 6.22. The molecule has 0 bridgehead atoms. The average molecular weight is 723 g/mol. The van der Waals surface area contributed by atoms with Gasteiger partial charge in [-0.15, -0.1) is 0 Å². The summed E-state index contributed by atoms with van der Waals surface area (Å²) in [7, 11) is 0. The van der Waals surface area contributed by atoms with Crippen LogP contribution in [0.1, 0.15) is 22.3 Å². The minimum atomic E-state index is -0.428. The van der Waals surface area contributed by atoms with Crippen LogP contribution in [-0.2, 0) is 5.41 Å². The molecule has 264 valence electrons. The van der Waals surface area contributed by atoms with E-state index in [0.717, 1.165) is 33.1 Å². The van der Waals surface area contributed by atoms with Gasteiger partial charge in [-0.25, -0.2) is 4.98 Å². The molecule has 0 radical (unpaired) electrons. The van der Waals surface area contributed by atoms with Crippen molar-refractivity contribution in [3.05, 3.63) is 229 Å². The lowest BCUT2D eigenvalue weighted by atomic mass is 9.67. The Balaban J connectivity index is 1.10. The summed E-state index contributed by atoms with van der Waals surface area (Å²) >= 11 is 0. The fourth-order valence-corrected chi connectivity index (χ4v) is 10.0. The molecule has 0 spiro atoms. The Morgan fingerprint density at radius 1 is 0.351 bits per heavy atom. The van der Waals surface area contributed by atoms with Crippen LogP contribution in [0.2, 0.25) is 0 Å². The van der Waals surface area contributed by atoms with Crippen molar-refractivity contribution in [2.75, 3.05) is 0 Å². The van der Waals surface area contributed by atoms with Gasteiger partial charge in [0.2, 0.25) is 0 Å². The monoisotopic (exact) mass is 722 g/mol. The van der Waals surface area contributed by atoms with E-state index in [1.807, 2.05) is 12.3 Å². The van der Waals surface area contributed by atoms with E-state index in [1.165, 1.54) is 76.8 Å². The van der Waals surface area contributed by atoms with Crippen LogP contribution in [0.3, 0.4) is 0 Å². The van der Waals surface area contributed by atoms with Crippen molar-refractivity contribution in [2.24, 2.45) is 0 Å². The van der Waals surface area contributed by atoms with Gasteiger partial charge in [-0.1, -0.05) is 182 Å². The summed E-state index contributed by atoms with van der Waals surface area (Å²) in [5, 5.41) is 9.47. The molecule has 0 amide bonds. The lowest BCUT2D eigenvalue weighted by Crippen LogP contribution is -2.28. The largest absolute Gasteiger partial charge is 0.254 e. The predicted molar refractivity (Wildman–Crippen MR) is 238 cm³/mol. The third-order valence-electron chi connectivity index (χ3n) is 12.3. The van der Waals surface area contributed by atoms with Gasteiger partial charge in [0.25, 0.3) is 0 Å². The minimum Gasteiger partial charge on any atom is -0.254 e. The molecule has 2 nitrogen and oxygen atoms in total. The molecule has 1 aliphatic carbocycles. The maximum absolute atomic E-state index is 5.36. The fourth-order valence-electron chi connectivity index (χ4n) is 10.0.